The molecule has 1 saturated heterocycles. The van der Waals surface area contributed by atoms with E-state index < -0.39 is 36.2 Å². The maximum absolute atomic E-state index is 14.0. The van der Waals surface area contributed by atoms with Crippen molar-refractivity contribution in [2.75, 3.05) is 25.1 Å². The van der Waals surface area contributed by atoms with Crippen LogP contribution in [0.4, 0.5) is 14.7 Å². The van der Waals surface area contributed by atoms with Gasteiger partial charge in [0.15, 0.2) is 0 Å². The zero-order valence-electron chi connectivity index (χ0n) is 16.9. The van der Waals surface area contributed by atoms with Crippen molar-refractivity contribution in [3.63, 3.8) is 0 Å². The van der Waals surface area contributed by atoms with Gasteiger partial charge in [0, 0.05) is 30.6 Å². The number of anilines is 1. The second-order valence-electron chi connectivity index (χ2n) is 7.43. The van der Waals surface area contributed by atoms with E-state index in [2.05, 4.69) is 15.3 Å². The number of alkyl halides is 1. The van der Waals surface area contributed by atoms with E-state index in [0.29, 0.717) is 29.8 Å². The van der Waals surface area contributed by atoms with E-state index in [4.69, 9.17) is 16.3 Å². The monoisotopic (exact) mass is 462 g/mol. The molecule has 0 radical (unpaired) electrons. The van der Waals surface area contributed by atoms with Crippen LogP contribution in [0.3, 0.4) is 0 Å². The molecule has 0 bridgehead atoms. The van der Waals surface area contributed by atoms with Crippen molar-refractivity contribution in [3.05, 3.63) is 75.5 Å². The van der Waals surface area contributed by atoms with Crippen molar-refractivity contribution < 1.29 is 18.6 Å². The lowest BCUT2D eigenvalue weighted by Crippen LogP contribution is -2.39. The van der Waals surface area contributed by atoms with Gasteiger partial charge >= 0.3 is 0 Å². The fraction of sp³-hybridized carbons (Fsp3) is 0.318. The normalized spacial score (nSPS) is 19.5. The summed E-state index contributed by atoms with van der Waals surface area (Å²) in [4.78, 5) is 21.3. The van der Waals surface area contributed by atoms with Gasteiger partial charge in [0.1, 0.15) is 12.0 Å². The molecule has 3 aromatic rings. The first-order valence-electron chi connectivity index (χ1n) is 10.1. The van der Waals surface area contributed by atoms with E-state index in [-0.39, 0.29) is 17.6 Å². The quantitative estimate of drug-likeness (QED) is 0.584. The Kier molecular flexibility index (Phi) is 6.78. The van der Waals surface area contributed by atoms with E-state index in [0.717, 1.165) is 0 Å². The summed E-state index contributed by atoms with van der Waals surface area (Å²) in [6.07, 6.45) is 2.37. The summed E-state index contributed by atoms with van der Waals surface area (Å²) in [6.45, 7) is 0.0794. The van der Waals surface area contributed by atoms with E-state index in [9.17, 15) is 18.7 Å². The highest BCUT2D eigenvalue weighted by Crippen LogP contribution is 2.24. The molecule has 1 aliphatic rings. The van der Waals surface area contributed by atoms with Crippen LogP contribution in [-0.2, 0) is 4.74 Å². The van der Waals surface area contributed by atoms with Gasteiger partial charge in [0.2, 0.25) is 5.95 Å². The lowest BCUT2D eigenvalue weighted by atomic mass is 10.1. The van der Waals surface area contributed by atoms with Crippen molar-refractivity contribution in [2.45, 2.75) is 24.7 Å². The fourth-order valence-corrected chi connectivity index (χ4v) is 3.72. The van der Waals surface area contributed by atoms with E-state index >= 15 is 0 Å². The number of ether oxygens (including phenoxy) is 1. The SMILES string of the molecule is O=c1cc(-c2ccnc(N[C@H]3CCOC[C@@H]3F)n2)ccn1[C@H](CO)c1ccc(Cl)c(F)c1. The first-order valence-corrected chi connectivity index (χ1v) is 10.4. The molecule has 2 N–H and O–H groups in total. The Balaban J connectivity index is 1.59. The number of hydrogen-bond acceptors (Lipinski definition) is 6. The van der Waals surface area contributed by atoms with Gasteiger partial charge in [0.05, 0.1) is 36.0 Å². The van der Waals surface area contributed by atoms with Crippen LogP contribution in [0, 0.1) is 5.82 Å². The summed E-state index contributed by atoms with van der Waals surface area (Å²) in [7, 11) is 0. The predicted molar refractivity (Wildman–Crippen MR) is 116 cm³/mol. The zero-order valence-corrected chi connectivity index (χ0v) is 17.7. The number of hydrogen-bond donors (Lipinski definition) is 2. The number of aromatic nitrogens is 3. The highest BCUT2D eigenvalue weighted by atomic mass is 35.5. The molecule has 10 heteroatoms. The summed E-state index contributed by atoms with van der Waals surface area (Å²) in [6, 6.07) is 7.58. The highest BCUT2D eigenvalue weighted by Gasteiger charge is 2.26. The summed E-state index contributed by atoms with van der Waals surface area (Å²) >= 11 is 5.73. The van der Waals surface area contributed by atoms with Crippen molar-refractivity contribution in [3.8, 4) is 11.3 Å². The second kappa shape index (κ2) is 9.72. The standard InChI is InChI=1S/C22H21ClF2N4O3/c23-15-2-1-14(9-16(15)24)20(11-30)29-7-4-13(10-21(29)31)18-3-6-26-22(27-18)28-19-5-8-32-12-17(19)25/h1-4,6-7,9-10,17,19-20,30H,5,8,11-12H2,(H,26,27,28)/t17-,19-,20+/m0/s1. The van der Waals surface area contributed by atoms with Crippen LogP contribution in [-0.4, -0.2) is 51.7 Å². The molecule has 0 saturated carbocycles. The minimum Gasteiger partial charge on any atom is -0.394 e. The number of benzene rings is 1. The van der Waals surface area contributed by atoms with Gasteiger partial charge in [-0.25, -0.2) is 18.7 Å². The Morgan fingerprint density at radius 3 is 2.88 bits per heavy atom. The first kappa shape index (κ1) is 22.3. The molecule has 1 aliphatic heterocycles. The third-order valence-electron chi connectivity index (χ3n) is 5.34. The van der Waals surface area contributed by atoms with Gasteiger partial charge in [-0.1, -0.05) is 17.7 Å². The topological polar surface area (TPSA) is 89.3 Å². The summed E-state index contributed by atoms with van der Waals surface area (Å²) < 4.78 is 34.3. The number of aliphatic hydroxyl groups excluding tert-OH is 1. The molecule has 0 amide bonds. The molecule has 4 rings (SSSR count). The van der Waals surface area contributed by atoms with E-state index in [1.807, 2.05) is 0 Å². The van der Waals surface area contributed by atoms with Gasteiger partial charge < -0.3 is 19.7 Å². The molecular formula is C22H21ClF2N4O3. The number of pyridine rings is 1. The largest absolute Gasteiger partial charge is 0.394 e. The van der Waals surface area contributed by atoms with Crippen molar-refractivity contribution in [2.24, 2.45) is 0 Å². The Labute approximate surface area is 187 Å². The molecule has 0 unspecified atom stereocenters. The molecule has 168 valence electrons. The maximum Gasteiger partial charge on any atom is 0.251 e. The van der Waals surface area contributed by atoms with E-state index in [1.54, 1.807) is 18.2 Å². The van der Waals surface area contributed by atoms with Crippen LogP contribution in [0.2, 0.25) is 5.02 Å². The van der Waals surface area contributed by atoms with Crippen molar-refractivity contribution >= 4 is 17.5 Å². The van der Waals surface area contributed by atoms with Crippen LogP contribution < -0.4 is 10.9 Å². The molecule has 0 aliphatic carbocycles. The maximum atomic E-state index is 14.0. The minimum atomic E-state index is -1.16. The Bertz CT molecular complexity index is 1160. The molecule has 1 fully saturated rings. The lowest BCUT2D eigenvalue weighted by molar-refractivity contribution is 0.0284. The molecule has 0 spiro atoms. The summed E-state index contributed by atoms with van der Waals surface area (Å²) in [5.41, 5.74) is 1.01. The van der Waals surface area contributed by atoms with Crippen LogP contribution in [0.15, 0.2) is 53.6 Å². The smallest absolute Gasteiger partial charge is 0.251 e. The van der Waals surface area contributed by atoms with Crippen LogP contribution in [0.25, 0.3) is 11.3 Å². The Hall–Kier alpha value is -2.88. The van der Waals surface area contributed by atoms with E-state index in [1.165, 1.54) is 35.2 Å². The average molecular weight is 463 g/mol. The predicted octanol–water partition coefficient (Wildman–Crippen LogP) is 3.22. The van der Waals surface area contributed by atoms with Gasteiger partial charge in [-0.05, 0) is 36.2 Å². The summed E-state index contributed by atoms with van der Waals surface area (Å²) in [5, 5.41) is 12.8. The molecule has 32 heavy (non-hydrogen) atoms. The van der Waals surface area contributed by atoms with Gasteiger partial charge in [-0.3, -0.25) is 4.79 Å². The van der Waals surface area contributed by atoms with Gasteiger partial charge in [-0.2, -0.15) is 0 Å². The molecule has 2 aromatic heterocycles. The fourth-order valence-electron chi connectivity index (χ4n) is 3.60. The third-order valence-corrected chi connectivity index (χ3v) is 5.64. The van der Waals surface area contributed by atoms with Gasteiger partial charge in [0.25, 0.3) is 5.56 Å². The number of nitrogens with one attached hydrogen (secondary N) is 1. The number of aliphatic hydroxyl groups is 1. The first-order chi connectivity index (χ1) is 15.5. The second-order valence-corrected chi connectivity index (χ2v) is 7.84. The lowest BCUT2D eigenvalue weighted by Gasteiger charge is -2.26. The average Bonchev–Trinajstić information content (AvgIpc) is 2.79. The molecule has 3 atom stereocenters. The van der Waals surface area contributed by atoms with Crippen molar-refractivity contribution in [1.29, 1.82) is 0 Å². The van der Waals surface area contributed by atoms with Crippen LogP contribution >= 0.6 is 11.6 Å². The Morgan fingerprint density at radius 2 is 2.16 bits per heavy atom. The number of nitrogens with zero attached hydrogens (tertiary/aromatic N) is 3. The van der Waals surface area contributed by atoms with Gasteiger partial charge in [-0.15, -0.1) is 0 Å². The number of rotatable bonds is 6. The summed E-state index contributed by atoms with van der Waals surface area (Å²) in [5.74, 6) is -0.376. The zero-order chi connectivity index (χ0) is 22.7. The Morgan fingerprint density at radius 1 is 1.31 bits per heavy atom. The molecule has 7 nitrogen and oxygen atoms in total. The van der Waals surface area contributed by atoms with Crippen molar-refractivity contribution in [1.82, 2.24) is 14.5 Å². The highest BCUT2D eigenvalue weighted by molar-refractivity contribution is 6.30. The molecule has 3 heterocycles. The minimum absolute atomic E-state index is 0.0269. The molecule has 1 aromatic carbocycles. The third kappa shape index (κ3) is 4.79. The number of halogens is 3. The van der Waals surface area contributed by atoms with Crippen LogP contribution in [0.5, 0.6) is 0 Å². The van der Waals surface area contributed by atoms with Crippen LogP contribution in [0.1, 0.15) is 18.0 Å². The molecular weight excluding hydrogens is 442 g/mol.